The number of carboxylic acid groups (broad SMARTS) is 1. The van der Waals surface area contributed by atoms with Crippen molar-refractivity contribution >= 4 is 5.97 Å². The molecular formula is C21H13F3N6O3. The average molecular weight is 454 g/mol. The Hall–Kier alpha value is -4.66. The molecule has 0 amide bonds. The first kappa shape index (κ1) is 21.6. The van der Waals surface area contributed by atoms with E-state index < -0.39 is 45.8 Å². The predicted molar refractivity (Wildman–Crippen MR) is 108 cm³/mol. The van der Waals surface area contributed by atoms with Crippen LogP contribution in [-0.4, -0.2) is 35.2 Å². The second-order valence-electron chi connectivity index (χ2n) is 6.95. The summed E-state index contributed by atoms with van der Waals surface area (Å²) in [5, 5.41) is 22.8. The largest absolute Gasteiger partial charge is 0.477 e. The third-order valence-corrected chi connectivity index (χ3v) is 5.07. The van der Waals surface area contributed by atoms with Crippen molar-refractivity contribution in [1.82, 2.24) is 24.1 Å². The molecule has 0 aliphatic heterocycles. The van der Waals surface area contributed by atoms with E-state index in [0.29, 0.717) is 22.0 Å². The number of hydrogen-bond donors (Lipinski definition) is 1. The fourth-order valence-corrected chi connectivity index (χ4v) is 3.46. The van der Waals surface area contributed by atoms with Crippen LogP contribution in [-0.2, 0) is 7.05 Å². The second kappa shape index (κ2) is 7.79. The number of aromatic nitrogens is 5. The number of rotatable bonds is 4. The van der Waals surface area contributed by atoms with Gasteiger partial charge in [0, 0.05) is 18.7 Å². The highest BCUT2D eigenvalue weighted by Gasteiger charge is 2.30. The van der Waals surface area contributed by atoms with Gasteiger partial charge in [-0.25, -0.2) is 32.3 Å². The summed E-state index contributed by atoms with van der Waals surface area (Å²) in [6, 6.07) is 8.50. The van der Waals surface area contributed by atoms with E-state index in [1.165, 1.54) is 36.0 Å². The second-order valence-corrected chi connectivity index (χ2v) is 6.95. The zero-order chi connectivity index (χ0) is 24.0. The summed E-state index contributed by atoms with van der Waals surface area (Å²) in [4.78, 5) is 29.1. The Bertz CT molecular complexity index is 1530. The van der Waals surface area contributed by atoms with Crippen LogP contribution in [0.25, 0.3) is 22.9 Å². The first-order valence-corrected chi connectivity index (χ1v) is 9.28. The van der Waals surface area contributed by atoms with Crippen molar-refractivity contribution in [2.75, 3.05) is 0 Å². The Labute approximate surface area is 183 Å². The fourth-order valence-electron chi connectivity index (χ4n) is 3.46. The van der Waals surface area contributed by atoms with Crippen LogP contribution < -0.4 is 5.56 Å². The third kappa shape index (κ3) is 3.26. The van der Waals surface area contributed by atoms with Gasteiger partial charge in [0.15, 0.2) is 28.8 Å². The molecule has 0 aliphatic rings. The van der Waals surface area contributed by atoms with Gasteiger partial charge in [0.25, 0.3) is 5.56 Å². The zero-order valence-electron chi connectivity index (χ0n) is 17.0. The van der Waals surface area contributed by atoms with Gasteiger partial charge in [-0.05, 0) is 31.2 Å². The Balaban J connectivity index is 2.03. The van der Waals surface area contributed by atoms with Gasteiger partial charge in [-0.1, -0.05) is 0 Å². The maximum Gasteiger partial charge on any atom is 0.343 e. The molecule has 0 atom stereocenters. The van der Waals surface area contributed by atoms with Gasteiger partial charge in [0.2, 0.25) is 0 Å². The summed E-state index contributed by atoms with van der Waals surface area (Å²) in [6.45, 7) is 0.992. The first-order chi connectivity index (χ1) is 15.7. The number of nitriles is 1. The summed E-state index contributed by atoms with van der Waals surface area (Å²) >= 11 is 0. The summed E-state index contributed by atoms with van der Waals surface area (Å²) in [5.74, 6) is -5.78. The van der Waals surface area contributed by atoms with Crippen LogP contribution in [0.3, 0.4) is 0 Å². The van der Waals surface area contributed by atoms with Crippen molar-refractivity contribution in [3.05, 3.63) is 81.2 Å². The molecule has 0 spiro atoms. The van der Waals surface area contributed by atoms with E-state index in [2.05, 4.69) is 10.1 Å². The molecule has 4 aromatic rings. The smallest absolute Gasteiger partial charge is 0.343 e. The van der Waals surface area contributed by atoms with Crippen molar-refractivity contribution in [3.8, 4) is 29.0 Å². The molecule has 0 saturated carbocycles. The Morgan fingerprint density at radius 3 is 2.42 bits per heavy atom. The SMILES string of the molecule is Cc1c(F)c(F)cc(-n2c(=O)c(C(=O)O)c(-c3ncnn3-c3ccc(C#N)cc3)n2C)c1F. The van der Waals surface area contributed by atoms with Crippen molar-refractivity contribution in [2.24, 2.45) is 7.05 Å². The Kier molecular flexibility index (Phi) is 5.09. The van der Waals surface area contributed by atoms with Crippen molar-refractivity contribution < 1.29 is 23.1 Å². The highest BCUT2D eigenvalue weighted by molar-refractivity contribution is 5.94. The van der Waals surface area contributed by atoms with E-state index in [1.807, 2.05) is 6.07 Å². The van der Waals surface area contributed by atoms with Crippen molar-refractivity contribution in [2.45, 2.75) is 6.92 Å². The standard InChI is InChI=1S/C21H13F3N6O3/c1-10-16(23)13(22)7-14(17(10)24)30-20(31)15(21(32)33)18(28(30)2)19-26-9-27-29(19)12-5-3-11(8-25)4-6-12/h3-7,9H,1-2H3,(H,32,33). The minimum absolute atomic E-state index is 0.0878. The number of nitrogens with zero attached hydrogens (tertiary/aromatic N) is 6. The monoisotopic (exact) mass is 454 g/mol. The van der Waals surface area contributed by atoms with E-state index in [4.69, 9.17) is 5.26 Å². The van der Waals surface area contributed by atoms with Gasteiger partial charge in [-0.3, -0.25) is 9.48 Å². The zero-order valence-corrected chi connectivity index (χ0v) is 17.0. The van der Waals surface area contributed by atoms with Gasteiger partial charge in [0.1, 0.15) is 17.7 Å². The molecule has 166 valence electrons. The summed E-state index contributed by atoms with van der Waals surface area (Å²) < 4.78 is 45.4. The van der Waals surface area contributed by atoms with Crippen LogP contribution in [0.1, 0.15) is 21.5 Å². The maximum absolute atomic E-state index is 14.8. The molecule has 0 fully saturated rings. The molecule has 0 unspecified atom stereocenters. The lowest BCUT2D eigenvalue weighted by Crippen LogP contribution is -2.24. The van der Waals surface area contributed by atoms with Gasteiger partial charge in [-0.15, -0.1) is 0 Å². The highest BCUT2D eigenvalue weighted by Crippen LogP contribution is 2.27. The molecule has 33 heavy (non-hydrogen) atoms. The molecule has 2 aromatic carbocycles. The third-order valence-electron chi connectivity index (χ3n) is 5.07. The van der Waals surface area contributed by atoms with Gasteiger partial charge in [-0.2, -0.15) is 10.4 Å². The molecule has 0 radical (unpaired) electrons. The molecule has 4 rings (SSSR count). The molecule has 2 aromatic heterocycles. The van der Waals surface area contributed by atoms with Crippen LogP contribution in [0.5, 0.6) is 0 Å². The Morgan fingerprint density at radius 1 is 1.15 bits per heavy atom. The number of carboxylic acids is 1. The highest BCUT2D eigenvalue weighted by atomic mass is 19.2. The fraction of sp³-hybridized carbons (Fsp3) is 0.0952. The van der Waals surface area contributed by atoms with E-state index in [1.54, 1.807) is 0 Å². The minimum Gasteiger partial charge on any atom is -0.477 e. The lowest BCUT2D eigenvalue weighted by molar-refractivity contribution is 0.0696. The summed E-state index contributed by atoms with van der Waals surface area (Å²) in [6.07, 6.45) is 1.11. The summed E-state index contributed by atoms with van der Waals surface area (Å²) in [7, 11) is 1.25. The molecule has 0 bridgehead atoms. The Morgan fingerprint density at radius 2 is 1.82 bits per heavy atom. The van der Waals surface area contributed by atoms with Crippen molar-refractivity contribution in [3.63, 3.8) is 0 Å². The molecular weight excluding hydrogens is 441 g/mol. The normalized spacial score (nSPS) is 10.9. The first-order valence-electron chi connectivity index (χ1n) is 9.28. The molecule has 2 heterocycles. The predicted octanol–water partition coefficient (Wildman–Crippen LogP) is 2.72. The number of halogens is 3. The van der Waals surface area contributed by atoms with Gasteiger partial charge >= 0.3 is 5.97 Å². The molecule has 1 N–H and O–H groups in total. The number of carbonyl (C=O) groups is 1. The van der Waals surface area contributed by atoms with E-state index >= 15 is 0 Å². The van der Waals surface area contributed by atoms with Crippen LogP contribution in [0.2, 0.25) is 0 Å². The molecule has 9 nitrogen and oxygen atoms in total. The molecule has 0 aliphatic carbocycles. The van der Waals surface area contributed by atoms with Crippen molar-refractivity contribution in [1.29, 1.82) is 5.26 Å². The van der Waals surface area contributed by atoms with Crippen LogP contribution in [0, 0.1) is 35.7 Å². The molecule has 12 heteroatoms. The lowest BCUT2D eigenvalue weighted by atomic mass is 10.2. The quantitative estimate of drug-likeness (QED) is 0.474. The van der Waals surface area contributed by atoms with Gasteiger partial charge < -0.3 is 5.11 Å². The average Bonchev–Trinajstić information content (AvgIpc) is 3.37. The topological polar surface area (TPSA) is 119 Å². The van der Waals surface area contributed by atoms with Crippen LogP contribution in [0.15, 0.2) is 41.5 Å². The number of benzene rings is 2. The van der Waals surface area contributed by atoms with E-state index in [0.717, 1.165) is 17.9 Å². The number of hydrogen-bond acceptors (Lipinski definition) is 5. The summed E-state index contributed by atoms with van der Waals surface area (Å²) in [5.41, 5.74) is -2.78. The van der Waals surface area contributed by atoms with Crippen LogP contribution in [0.4, 0.5) is 13.2 Å². The maximum atomic E-state index is 14.8. The number of aromatic carboxylic acids is 1. The van der Waals surface area contributed by atoms with E-state index in [9.17, 15) is 27.9 Å². The van der Waals surface area contributed by atoms with E-state index in [-0.39, 0.29) is 11.5 Å². The van der Waals surface area contributed by atoms with Crippen LogP contribution >= 0.6 is 0 Å². The van der Waals surface area contributed by atoms with Gasteiger partial charge in [0.05, 0.1) is 17.3 Å². The minimum atomic E-state index is -1.64. The molecule has 0 saturated heterocycles. The lowest BCUT2D eigenvalue weighted by Gasteiger charge is -2.13.